The second kappa shape index (κ2) is 6.09. The molecule has 0 saturated carbocycles. The predicted octanol–water partition coefficient (Wildman–Crippen LogP) is 1.78. The van der Waals surface area contributed by atoms with E-state index in [4.69, 9.17) is 9.63 Å². The molecule has 3 unspecified atom stereocenters. The van der Waals surface area contributed by atoms with Crippen LogP contribution in [0, 0.1) is 0 Å². The standard InChI is InChI=1S/C7H17O2P/c1-6(8)4-5-7(2)9-10-3/h6-8,10H,4-5H2,1-3H3. The molecule has 0 spiro atoms. The summed E-state index contributed by atoms with van der Waals surface area (Å²) < 4.78 is 5.31. The van der Waals surface area contributed by atoms with Gasteiger partial charge in [0.05, 0.1) is 12.2 Å². The molecule has 1 N–H and O–H groups in total. The van der Waals surface area contributed by atoms with E-state index in [1.165, 1.54) is 0 Å². The summed E-state index contributed by atoms with van der Waals surface area (Å²) in [5, 5.41) is 8.92. The Morgan fingerprint density at radius 2 is 2.00 bits per heavy atom. The Labute approximate surface area is 64.8 Å². The van der Waals surface area contributed by atoms with Crippen LogP contribution in [0.25, 0.3) is 0 Å². The average Bonchev–Trinajstić information content (AvgIpc) is 1.85. The Morgan fingerprint density at radius 3 is 2.40 bits per heavy atom. The van der Waals surface area contributed by atoms with Crippen LogP contribution in [0.5, 0.6) is 0 Å². The summed E-state index contributed by atoms with van der Waals surface area (Å²) in [6, 6.07) is 0. The van der Waals surface area contributed by atoms with Crippen molar-refractivity contribution in [1.29, 1.82) is 0 Å². The van der Waals surface area contributed by atoms with Gasteiger partial charge >= 0.3 is 0 Å². The van der Waals surface area contributed by atoms with E-state index in [2.05, 4.69) is 0 Å². The smallest absolute Gasteiger partial charge is 0.0587 e. The quantitative estimate of drug-likeness (QED) is 0.627. The van der Waals surface area contributed by atoms with Crippen LogP contribution < -0.4 is 0 Å². The van der Waals surface area contributed by atoms with Gasteiger partial charge in [-0.3, -0.25) is 0 Å². The lowest BCUT2D eigenvalue weighted by Crippen LogP contribution is -2.07. The van der Waals surface area contributed by atoms with E-state index >= 15 is 0 Å². The summed E-state index contributed by atoms with van der Waals surface area (Å²) in [6.45, 7) is 5.86. The third-order valence-electron chi connectivity index (χ3n) is 1.31. The maximum atomic E-state index is 8.92. The van der Waals surface area contributed by atoms with Gasteiger partial charge in [-0.1, -0.05) is 0 Å². The monoisotopic (exact) mass is 164 g/mol. The molecule has 0 aromatic heterocycles. The fourth-order valence-electron chi connectivity index (χ4n) is 0.736. The van der Waals surface area contributed by atoms with Crippen molar-refractivity contribution in [1.82, 2.24) is 0 Å². The minimum atomic E-state index is -0.189. The molecule has 0 aromatic rings. The first-order valence-electron chi connectivity index (χ1n) is 3.67. The molecule has 62 valence electrons. The van der Waals surface area contributed by atoms with Crippen LogP contribution in [-0.4, -0.2) is 24.0 Å². The molecule has 0 radical (unpaired) electrons. The fraction of sp³-hybridized carbons (Fsp3) is 1.00. The third kappa shape index (κ3) is 6.47. The van der Waals surface area contributed by atoms with E-state index in [9.17, 15) is 0 Å². The van der Waals surface area contributed by atoms with Crippen molar-refractivity contribution in [2.75, 3.05) is 6.66 Å². The first-order chi connectivity index (χ1) is 4.66. The highest BCUT2D eigenvalue weighted by atomic mass is 31.1. The van der Waals surface area contributed by atoms with Gasteiger partial charge in [-0.05, 0) is 33.4 Å². The van der Waals surface area contributed by atoms with Gasteiger partial charge in [-0.15, -0.1) is 0 Å². The summed E-state index contributed by atoms with van der Waals surface area (Å²) in [5.74, 6) is 0. The van der Waals surface area contributed by atoms with Crippen LogP contribution in [0.1, 0.15) is 26.7 Å². The van der Waals surface area contributed by atoms with Crippen LogP contribution in [0.3, 0.4) is 0 Å². The van der Waals surface area contributed by atoms with Gasteiger partial charge in [-0.2, -0.15) is 0 Å². The van der Waals surface area contributed by atoms with Crippen molar-refractivity contribution in [3.8, 4) is 0 Å². The molecular formula is C7H17O2P. The van der Waals surface area contributed by atoms with Crippen molar-refractivity contribution in [3.63, 3.8) is 0 Å². The van der Waals surface area contributed by atoms with Crippen LogP contribution in [0.2, 0.25) is 0 Å². The normalized spacial score (nSPS) is 18.0. The Balaban J connectivity index is 3.12. The van der Waals surface area contributed by atoms with Gasteiger partial charge in [-0.25, -0.2) is 0 Å². The van der Waals surface area contributed by atoms with Crippen molar-refractivity contribution in [3.05, 3.63) is 0 Å². The summed E-state index contributed by atoms with van der Waals surface area (Å²) in [5.41, 5.74) is 0. The fourth-order valence-corrected chi connectivity index (χ4v) is 1.26. The molecule has 3 atom stereocenters. The summed E-state index contributed by atoms with van der Waals surface area (Å²) in [7, 11) is 0.560. The first kappa shape index (κ1) is 10.3. The zero-order valence-corrected chi connectivity index (χ0v) is 7.92. The van der Waals surface area contributed by atoms with E-state index in [1.54, 1.807) is 6.92 Å². The SMILES string of the molecule is CPOC(C)CCC(C)O. The van der Waals surface area contributed by atoms with Gasteiger partial charge in [0, 0.05) is 8.81 Å². The average molecular weight is 164 g/mol. The van der Waals surface area contributed by atoms with Crippen molar-refractivity contribution < 1.29 is 9.63 Å². The minimum Gasteiger partial charge on any atom is -0.393 e. The van der Waals surface area contributed by atoms with Crippen molar-refractivity contribution in [2.24, 2.45) is 0 Å². The molecule has 0 aromatic carbocycles. The maximum Gasteiger partial charge on any atom is 0.0587 e. The summed E-state index contributed by atoms with van der Waals surface area (Å²) in [4.78, 5) is 0. The maximum absolute atomic E-state index is 8.92. The van der Waals surface area contributed by atoms with E-state index in [-0.39, 0.29) is 6.10 Å². The van der Waals surface area contributed by atoms with Gasteiger partial charge in [0.1, 0.15) is 0 Å². The Bertz CT molecular complexity index is 76.0. The molecule has 0 aliphatic rings. The van der Waals surface area contributed by atoms with Crippen LogP contribution in [0.4, 0.5) is 0 Å². The molecule has 0 bridgehead atoms. The summed E-state index contributed by atoms with van der Waals surface area (Å²) in [6.07, 6.45) is 1.91. The second-order valence-corrected chi connectivity index (χ2v) is 3.20. The van der Waals surface area contributed by atoms with Gasteiger partial charge < -0.3 is 9.63 Å². The largest absolute Gasteiger partial charge is 0.393 e. The Hall–Kier alpha value is 0.350. The zero-order chi connectivity index (χ0) is 7.98. The van der Waals surface area contributed by atoms with Gasteiger partial charge in [0.2, 0.25) is 0 Å². The topological polar surface area (TPSA) is 29.5 Å². The lowest BCUT2D eigenvalue weighted by molar-refractivity contribution is 0.154. The zero-order valence-electron chi connectivity index (χ0n) is 6.92. The molecule has 0 fully saturated rings. The highest BCUT2D eigenvalue weighted by Crippen LogP contribution is 2.13. The van der Waals surface area contributed by atoms with E-state index in [1.807, 2.05) is 13.6 Å². The molecule has 0 amide bonds. The number of hydrogen-bond donors (Lipinski definition) is 1. The highest BCUT2D eigenvalue weighted by molar-refractivity contribution is 7.31. The van der Waals surface area contributed by atoms with Gasteiger partial charge in [0.25, 0.3) is 0 Å². The van der Waals surface area contributed by atoms with Crippen molar-refractivity contribution >= 4 is 8.81 Å². The Kier molecular flexibility index (Phi) is 6.30. The minimum absolute atomic E-state index is 0.189. The van der Waals surface area contributed by atoms with E-state index in [0.29, 0.717) is 14.9 Å². The van der Waals surface area contributed by atoms with Crippen LogP contribution in [0.15, 0.2) is 0 Å². The number of aliphatic hydroxyl groups is 1. The molecule has 3 heteroatoms. The molecule has 0 saturated heterocycles. The second-order valence-electron chi connectivity index (χ2n) is 2.56. The van der Waals surface area contributed by atoms with Crippen LogP contribution in [-0.2, 0) is 4.52 Å². The Morgan fingerprint density at radius 1 is 1.40 bits per heavy atom. The van der Waals surface area contributed by atoms with E-state index < -0.39 is 0 Å². The highest BCUT2D eigenvalue weighted by Gasteiger charge is 2.02. The van der Waals surface area contributed by atoms with Gasteiger partial charge in [0.15, 0.2) is 0 Å². The predicted molar refractivity (Wildman–Crippen MR) is 45.7 cm³/mol. The van der Waals surface area contributed by atoms with Crippen LogP contribution >= 0.6 is 8.81 Å². The molecule has 10 heavy (non-hydrogen) atoms. The number of hydrogen-bond acceptors (Lipinski definition) is 2. The molecular weight excluding hydrogens is 147 g/mol. The molecule has 0 aliphatic heterocycles. The van der Waals surface area contributed by atoms with Crippen molar-refractivity contribution in [2.45, 2.75) is 38.9 Å². The summed E-state index contributed by atoms with van der Waals surface area (Å²) >= 11 is 0. The first-order valence-corrected chi connectivity index (χ1v) is 5.08. The number of rotatable bonds is 5. The molecule has 0 aliphatic carbocycles. The third-order valence-corrected chi connectivity index (χ3v) is 1.95. The lowest BCUT2D eigenvalue weighted by Gasteiger charge is -2.11. The number of aliphatic hydroxyl groups excluding tert-OH is 1. The molecule has 0 rings (SSSR count). The molecule has 2 nitrogen and oxygen atoms in total. The van der Waals surface area contributed by atoms with E-state index in [0.717, 1.165) is 12.8 Å². The lowest BCUT2D eigenvalue weighted by atomic mass is 10.1. The molecule has 0 heterocycles.